The largest absolute Gasteiger partial charge is 0.398 e. The number of aryl methyl sites for hydroxylation is 1. The quantitative estimate of drug-likeness (QED) is 0.885. The van der Waals surface area contributed by atoms with Gasteiger partial charge in [0.15, 0.2) is 0 Å². The van der Waals surface area contributed by atoms with E-state index in [1.807, 2.05) is 44.2 Å². The van der Waals surface area contributed by atoms with Crippen molar-refractivity contribution in [3.8, 4) is 0 Å². The van der Waals surface area contributed by atoms with Gasteiger partial charge in [-0.2, -0.15) is 0 Å². The standard InChI is InChI=1S/C15H17N3O/c1-10-8-14(16)13(9-17-10)15(19)18-11(2)12-6-4-3-5-7-12/h3-9,11H,1-2H3,(H2,16,17)(H,18,19). The van der Waals surface area contributed by atoms with E-state index in [1.165, 1.54) is 6.20 Å². The van der Waals surface area contributed by atoms with Gasteiger partial charge in [-0.05, 0) is 25.5 Å². The molecule has 0 radical (unpaired) electrons. The minimum Gasteiger partial charge on any atom is -0.398 e. The van der Waals surface area contributed by atoms with E-state index in [1.54, 1.807) is 6.07 Å². The Labute approximate surface area is 112 Å². The van der Waals surface area contributed by atoms with Crippen LogP contribution in [0.3, 0.4) is 0 Å². The van der Waals surface area contributed by atoms with Crippen molar-refractivity contribution in [2.24, 2.45) is 0 Å². The smallest absolute Gasteiger partial charge is 0.255 e. The molecule has 19 heavy (non-hydrogen) atoms. The van der Waals surface area contributed by atoms with E-state index in [0.29, 0.717) is 11.3 Å². The highest BCUT2D eigenvalue weighted by Crippen LogP contribution is 2.15. The van der Waals surface area contributed by atoms with Gasteiger partial charge in [0.2, 0.25) is 0 Å². The number of nitrogens with one attached hydrogen (secondary N) is 1. The molecule has 2 rings (SSSR count). The van der Waals surface area contributed by atoms with Crippen molar-refractivity contribution in [1.82, 2.24) is 10.3 Å². The molecule has 3 N–H and O–H groups in total. The van der Waals surface area contributed by atoms with Gasteiger partial charge < -0.3 is 11.1 Å². The zero-order valence-corrected chi connectivity index (χ0v) is 11.1. The Morgan fingerprint density at radius 3 is 2.63 bits per heavy atom. The molecule has 0 saturated heterocycles. The second-order valence-electron chi connectivity index (χ2n) is 4.52. The number of rotatable bonds is 3. The van der Waals surface area contributed by atoms with E-state index in [0.717, 1.165) is 11.3 Å². The Bertz CT molecular complexity index is 581. The van der Waals surface area contributed by atoms with Crippen LogP contribution in [0.1, 0.15) is 34.6 Å². The van der Waals surface area contributed by atoms with E-state index >= 15 is 0 Å². The van der Waals surface area contributed by atoms with Crippen molar-refractivity contribution >= 4 is 11.6 Å². The Morgan fingerprint density at radius 2 is 2.00 bits per heavy atom. The summed E-state index contributed by atoms with van der Waals surface area (Å²) in [5.41, 5.74) is 8.54. The number of carbonyl (C=O) groups is 1. The zero-order chi connectivity index (χ0) is 13.8. The molecule has 0 bridgehead atoms. The minimum atomic E-state index is -0.207. The van der Waals surface area contributed by atoms with Crippen LogP contribution in [0.5, 0.6) is 0 Å². The minimum absolute atomic E-state index is 0.0746. The zero-order valence-electron chi connectivity index (χ0n) is 11.1. The molecule has 1 unspecified atom stereocenters. The van der Waals surface area contributed by atoms with Crippen LogP contribution in [-0.4, -0.2) is 10.9 Å². The number of benzene rings is 1. The molecule has 0 aliphatic carbocycles. The Balaban J connectivity index is 2.13. The van der Waals surface area contributed by atoms with Gasteiger partial charge in [-0.1, -0.05) is 30.3 Å². The number of amides is 1. The first-order valence-corrected chi connectivity index (χ1v) is 6.16. The number of nitrogens with zero attached hydrogens (tertiary/aromatic N) is 1. The van der Waals surface area contributed by atoms with E-state index in [2.05, 4.69) is 10.3 Å². The monoisotopic (exact) mass is 255 g/mol. The summed E-state index contributed by atoms with van der Waals surface area (Å²) in [6.07, 6.45) is 1.51. The number of hydrogen-bond acceptors (Lipinski definition) is 3. The highest BCUT2D eigenvalue weighted by Gasteiger charge is 2.14. The molecule has 0 aliphatic heterocycles. The predicted octanol–water partition coefficient (Wildman–Crippen LogP) is 2.46. The van der Waals surface area contributed by atoms with Gasteiger partial charge in [-0.15, -0.1) is 0 Å². The third kappa shape index (κ3) is 3.10. The Morgan fingerprint density at radius 1 is 1.32 bits per heavy atom. The molecule has 4 heteroatoms. The number of anilines is 1. The molecule has 2 aromatic rings. The Hall–Kier alpha value is -2.36. The predicted molar refractivity (Wildman–Crippen MR) is 75.7 cm³/mol. The summed E-state index contributed by atoms with van der Waals surface area (Å²) in [7, 11) is 0. The summed E-state index contributed by atoms with van der Waals surface area (Å²) in [5, 5.41) is 2.91. The van der Waals surface area contributed by atoms with Gasteiger partial charge in [0.25, 0.3) is 5.91 Å². The highest BCUT2D eigenvalue weighted by atomic mass is 16.1. The summed E-state index contributed by atoms with van der Waals surface area (Å²) in [5.74, 6) is -0.207. The maximum atomic E-state index is 12.1. The molecule has 0 saturated carbocycles. The maximum Gasteiger partial charge on any atom is 0.255 e. The van der Waals surface area contributed by atoms with Crippen LogP contribution in [0, 0.1) is 6.92 Å². The number of pyridine rings is 1. The number of hydrogen-bond donors (Lipinski definition) is 2. The van der Waals surface area contributed by atoms with E-state index in [-0.39, 0.29) is 11.9 Å². The molecular weight excluding hydrogens is 238 g/mol. The molecule has 1 atom stereocenters. The van der Waals surface area contributed by atoms with Gasteiger partial charge in [0.05, 0.1) is 11.6 Å². The van der Waals surface area contributed by atoms with Crippen LogP contribution in [-0.2, 0) is 0 Å². The molecule has 1 aromatic carbocycles. The first-order chi connectivity index (χ1) is 9.08. The molecule has 98 valence electrons. The highest BCUT2D eigenvalue weighted by molar-refractivity contribution is 5.99. The van der Waals surface area contributed by atoms with E-state index < -0.39 is 0 Å². The average Bonchev–Trinajstić information content (AvgIpc) is 2.39. The van der Waals surface area contributed by atoms with Crippen LogP contribution in [0.15, 0.2) is 42.6 Å². The molecule has 1 amide bonds. The number of aromatic nitrogens is 1. The van der Waals surface area contributed by atoms with Crippen molar-refractivity contribution in [2.75, 3.05) is 5.73 Å². The molecule has 4 nitrogen and oxygen atoms in total. The second kappa shape index (κ2) is 5.52. The molecule has 0 spiro atoms. The summed E-state index contributed by atoms with van der Waals surface area (Å²) in [4.78, 5) is 16.2. The van der Waals surface area contributed by atoms with E-state index in [4.69, 9.17) is 5.73 Å². The number of nitrogens with two attached hydrogens (primary N) is 1. The first-order valence-electron chi connectivity index (χ1n) is 6.16. The second-order valence-corrected chi connectivity index (χ2v) is 4.52. The van der Waals surface area contributed by atoms with Crippen LogP contribution in [0.2, 0.25) is 0 Å². The lowest BCUT2D eigenvalue weighted by Gasteiger charge is -2.15. The molecule has 1 aromatic heterocycles. The SMILES string of the molecule is Cc1cc(N)c(C(=O)NC(C)c2ccccc2)cn1. The van der Waals surface area contributed by atoms with Crippen molar-refractivity contribution in [1.29, 1.82) is 0 Å². The van der Waals surface area contributed by atoms with Crippen LogP contribution in [0.25, 0.3) is 0 Å². The molecule has 0 aliphatic rings. The van der Waals surface area contributed by atoms with Gasteiger partial charge in [-0.25, -0.2) is 0 Å². The Kier molecular flexibility index (Phi) is 3.80. The van der Waals surface area contributed by atoms with Gasteiger partial charge >= 0.3 is 0 Å². The fraction of sp³-hybridized carbons (Fsp3) is 0.200. The van der Waals surface area contributed by atoms with Gasteiger partial charge in [-0.3, -0.25) is 9.78 Å². The fourth-order valence-electron chi connectivity index (χ4n) is 1.87. The average molecular weight is 255 g/mol. The first kappa shape index (κ1) is 13.1. The van der Waals surface area contributed by atoms with Gasteiger partial charge in [0.1, 0.15) is 0 Å². The lowest BCUT2D eigenvalue weighted by atomic mass is 10.1. The van der Waals surface area contributed by atoms with Crippen molar-refractivity contribution < 1.29 is 4.79 Å². The fourth-order valence-corrected chi connectivity index (χ4v) is 1.87. The molecule has 1 heterocycles. The lowest BCUT2D eigenvalue weighted by Crippen LogP contribution is -2.27. The van der Waals surface area contributed by atoms with Crippen LogP contribution >= 0.6 is 0 Å². The van der Waals surface area contributed by atoms with Crippen molar-refractivity contribution in [2.45, 2.75) is 19.9 Å². The third-order valence-electron chi connectivity index (χ3n) is 2.96. The number of carbonyl (C=O) groups excluding carboxylic acids is 1. The van der Waals surface area contributed by atoms with Crippen LogP contribution < -0.4 is 11.1 Å². The molecule has 0 fully saturated rings. The summed E-state index contributed by atoms with van der Waals surface area (Å²) in [6.45, 7) is 3.77. The lowest BCUT2D eigenvalue weighted by molar-refractivity contribution is 0.0940. The van der Waals surface area contributed by atoms with Crippen molar-refractivity contribution in [3.05, 3.63) is 59.4 Å². The maximum absolute atomic E-state index is 12.1. The summed E-state index contributed by atoms with van der Waals surface area (Å²) >= 11 is 0. The van der Waals surface area contributed by atoms with Crippen molar-refractivity contribution in [3.63, 3.8) is 0 Å². The summed E-state index contributed by atoms with van der Waals surface area (Å²) < 4.78 is 0. The third-order valence-corrected chi connectivity index (χ3v) is 2.96. The number of nitrogen functional groups attached to an aromatic ring is 1. The summed E-state index contributed by atoms with van der Waals surface area (Å²) in [6, 6.07) is 11.4. The van der Waals surface area contributed by atoms with Gasteiger partial charge in [0, 0.05) is 17.6 Å². The molecular formula is C15H17N3O. The van der Waals surface area contributed by atoms with Crippen LogP contribution in [0.4, 0.5) is 5.69 Å². The van der Waals surface area contributed by atoms with E-state index in [9.17, 15) is 4.79 Å². The topological polar surface area (TPSA) is 68.0 Å². The normalized spacial score (nSPS) is 11.9.